The van der Waals surface area contributed by atoms with Crippen molar-refractivity contribution in [2.24, 2.45) is 0 Å². The fraction of sp³-hybridized carbons (Fsp3) is 0.364. The van der Waals surface area contributed by atoms with E-state index < -0.39 is 6.10 Å². The predicted molar refractivity (Wildman–Crippen MR) is 66.2 cm³/mol. The van der Waals surface area contributed by atoms with Gasteiger partial charge in [0.15, 0.2) is 5.78 Å². The number of aliphatic hydroxyl groups is 2. The van der Waals surface area contributed by atoms with Gasteiger partial charge in [-0.3, -0.25) is 4.79 Å². The van der Waals surface area contributed by atoms with E-state index in [4.69, 9.17) is 21.8 Å². The average Bonchev–Trinajstić information content (AvgIpc) is 2.29. The molecule has 1 atom stereocenters. The zero-order valence-corrected chi connectivity index (χ0v) is 10.2. The molecule has 1 unspecified atom stereocenters. The van der Waals surface area contributed by atoms with Crippen LogP contribution >= 0.6 is 23.4 Å². The van der Waals surface area contributed by atoms with Gasteiger partial charge in [-0.25, -0.2) is 0 Å². The van der Waals surface area contributed by atoms with Gasteiger partial charge >= 0.3 is 0 Å². The number of hydrogen-bond acceptors (Lipinski definition) is 4. The number of carbonyl (C=O) groups excluding carboxylic acids is 1. The molecule has 16 heavy (non-hydrogen) atoms. The first-order chi connectivity index (χ1) is 7.65. The van der Waals surface area contributed by atoms with Crippen molar-refractivity contribution in [3.8, 4) is 0 Å². The second-order valence-corrected chi connectivity index (χ2v) is 4.69. The molecule has 0 aliphatic heterocycles. The van der Waals surface area contributed by atoms with Crippen molar-refractivity contribution < 1.29 is 15.0 Å². The maximum absolute atomic E-state index is 11.7. The topological polar surface area (TPSA) is 57.5 Å². The first-order valence-corrected chi connectivity index (χ1v) is 6.32. The summed E-state index contributed by atoms with van der Waals surface area (Å²) in [4.78, 5) is 11.7. The Kier molecular flexibility index (Phi) is 5.84. The van der Waals surface area contributed by atoms with Crippen molar-refractivity contribution in [3.63, 3.8) is 0 Å². The summed E-state index contributed by atoms with van der Waals surface area (Å²) < 4.78 is 0. The SMILES string of the molecule is O=C(CSCC(O)CO)c1ccccc1Cl. The fourth-order valence-electron chi connectivity index (χ4n) is 1.11. The summed E-state index contributed by atoms with van der Waals surface area (Å²) >= 11 is 7.15. The third-order valence-electron chi connectivity index (χ3n) is 1.93. The molecule has 1 aromatic carbocycles. The molecule has 1 aromatic rings. The molecule has 5 heteroatoms. The molecule has 0 saturated heterocycles. The van der Waals surface area contributed by atoms with Crippen molar-refractivity contribution in [2.45, 2.75) is 6.10 Å². The number of ketones is 1. The summed E-state index contributed by atoms with van der Waals surface area (Å²) in [6.45, 7) is -0.284. The minimum atomic E-state index is -0.774. The summed E-state index contributed by atoms with van der Waals surface area (Å²) in [5.74, 6) is 0.522. The van der Waals surface area contributed by atoms with Crippen LogP contribution in [0.25, 0.3) is 0 Å². The molecule has 0 aliphatic rings. The Morgan fingerprint density at radius 2 is 2.12 bits per heavy atom. The second-order valence-electron chi connectivity index (χ2n) is 3.25. The highest BCUT2D eigenvalue weighted by molar-refractivity contribution is 8.00. The van der Waals surface area contributed by atoms with E-state index in [2.05, 4.69) is 0 Å². The zero-order chi connectivity index (χ0) is 12.0. The highest BCUT2D eigenvalue weighted by Crippen LogP contribution is 2.17. The molecule has 3 nitrogen and oxygen atoms in total. The van der Waals surface area contributed by atoms with E-state index >= 15 is 0 Å². The minimum Gasteiger partial charge on any atom is -0.394 e. The van der Waals surface area contributed by atoms with Gasteiger partial charge in [-0.05, 0) is 12.1 Å². The van der Waals surface area contributed by atoms with Crippen molar-refractivity contribution >= 4 is 29.1 Å². The number of hydrogen-bond donors (Lipinski definition) is 2. The molecule has 0 amide bonds. The van der Waals surface area contributed by atoms with Gasteiger partial charge in [0.25, 0.3) is 0 Å². The van der Waals surface area contributed by atoms with Crippen LogP contribution < -0.4 is 0 Å². The first-order valence-electron chi connectivity index (χ1n) is 4.79. The molecule has 88 valence electrons. The van der Waals surface area contributed by atoms with E-state index in [1.165, 1.54) is 11.8 Å². The first kappa shape index (κ1) is 13.5. The van der Waals surface area contributed by atoms with Crippen molar-refractivity contribution in [3.05, 3.63) is 34.9 Å². The molecule has 0 radical (unpaired) electrons. The lowest BCUT2D eigenvalue weighted by molar-refractivity contribution is 0.102. The molecule has 0 aromatic heterocycles. The van der Waals surface area contributed by atoms with Crippen LogP contribution in [0.15, 0.2) is 24.3 Å². The monoisotopic (exact) mass is 260 g/mol. The molecule has 0 spiro atoms. The van der Waals surface area contributed by atoms with Gasteiger partial charge in [0.2, 0.25) is 0 Å². The third-order valence-corrected chi connectivity index (χ3v) is 3.34. The van der Waals surface area contributed by atoms with Crippen LogP contribution in [0.1, 0.15) is 10.4 Å². The largest absolute Gasteiger partial charge is 0.394 e. The normalized spacial score (nSPS) is 12.4. The fourth-order valence-corrected chi connectivity index (χ4v) is 2.18. The van der Waals surface area contributed by atoms with Crippen molar-refractivity contribution in [1.82, 2.24) is 0 Å². The number of aliphatic hydroxyl groups excluding tert-OH is 2. The standard InChI is InChI=1S/C11H13ClO3S/c12-10-4-2-1-3-9(10)11(15)7-16-6-8(14)5-13/h1-4,8,13-14H,5-7H2. The molecule has 0 saturated carbocycles. The van der Waals surface area contributed by atoms with E-state index in [-0.39, 0.29) is 18.1 Å². The van der Waals surface area contributed by atoms with Gasteiger partial charge in [-0.15, -0.1) is 0 Å². The van der Waals surface area contributed by atoms with Crippen LogP contribution in [0.2, 0.25) is 5.02 Å². The number of carbonyl (C=O) groups is 1. The Labute approximate surface area is 103 Å². The quantitative estimate of drug-likeness (QED) is 0.763. The van der Waals surface area contributed by atoms with Gasteiger partial charge in [-0.1, -0.05) is 23.7 Å². The molecule has 0 heterocycles. The van der Waals surface area contributed by atoms with Crippen LogP contribution in [0.5, 0.6) is 0 Å². The Balaban J connectivity index is 2.44. The van der Waals surface area contributed by atoms with Gasteiger partial charge in [-0.2, -0.15) is 11.8 Å². The van der Waals surface area contributed by atoms with E-state index in [1.54, 1.807) is 24.3 Å². The average molecular weight is 261 g/mol. The highest BCUT2D eigenvalue weighted by atomic mass is 35.5. The summed E-state index contributed by atoms with van der Waals surface area (Å²) in [6, 6.07) is 6.86. The van der Waals surface area contributed by atoms with E-state index in [0.29, 0.717) is 16.3 Å². The second kappa shape index (κ2) is 6.91. The van der Waals surface area contributed by atoms with E-state index in [1.807, 2.05) is 0 Å². The number of rotatable bonds is 6. The Morgan fingerprint density at radius 1 is 1.44 bits per heavy atom. The lowest BCUT2D eigenvalue weighted by Crippen LogP contribution is -2.16. The lowest BCUT2D eigenvalue weighted by Gasteiger charge is -2.06. The summed E-state index contributed by atoms with van der Waals surface area (Å²) in [5.41, 5.74) is 0.496. The van der Waals surface area contributed by atoms with Crippen LogP contribution in [-0.4, -0.2) is 40.2 Å². The van der Waals surface area contributed by atoms with Crippen LogP contribution in [0.3, 0.4) is 0 Å². The van der Waals surface area contributed by atoms with Gasteiger partial charge in [0, 0.05) is 11.3 Å². The Bertz CT molecular complexity index is 357. The van der Waals surface area contributed by atoms with Crippen molar-refractivity contribution in [2.75, 3.05) is 18.1 Å². The molecule has 2 N–H and O–H groups in total. The lowest BCUT2D eigenvalue weighted by atomic mass is 10.1. The molecular weight excluding hydrogens is 248 g/mol. The van der Waals surface area contributed by atoms with E-state index in [0.717, 1.165) is 0 Å². The number of Topliss-reactive ketones (excluding diaryl/α,β-unsaturated/α-hetero) is 1. The molecule has 1 rings (SSSR count). The van der Waals surface area contributed by atoms with Gasteiger partial charge in [0.05, 0.1) is 23.5 Å². The highest BCUT2D eigenvalue weighted by Gasteiger charge is 2.10. The van der Waals surface area contributed by atoms with Crippen LogP contribution in [0, 0.1) is 0 Å². The molecule has 0 bridgehead atoms. The minimum absolute atomic E-state index is 0.0688. The summed E-state index contributed by atoms with van der Waals surface area (Å²) in [5, 5.41) is 18.1. The van der Waals surface area contributed by atoms with E-state index in [9.17, 15) is 4.79 Å². The number of halogens is 1. The number of thioether (sulfide) groups is 1. The van der Waals surface area contributed by atoms with Crippen molar-refractivity contribution in [1.29, 1.82) is 0 Å². The Hall–Kier alpha value is -0.550. The third kappa shape index (κ3) is 4.14. The number of benzene rings is 1. The smallest absolute Gasteiger partial charge is 0.174 e. The molecule has 0 fully saturated rings. The maximum Gasteiger partial charge on any atom is 0.174 e. The summed E-state index contributed by atoms with van der Waals surface area (Å²) in [6.07, 6.45) is -0.774. The van der Waals surface area contributed by atoms with Crippen LogP contribution in [-0.2, 0) is 0 Å². The maximum atomic E-state index is 11.7. The Morgan fingerprint density at radius 3 is 2.75 bits per heavy atom. The predicted octanol–water partition coefficient (Wildman–Crippen LogP) is 1.61. The van der Waals surface area contributed by atoms with Gasteiger partial charge < -0.3 is 10.2 Å². The van der Waals surface area contributed by atoms with Crippen LogP contribution in [0.4, 0.5) is 0 Å². The molecule has 0 aliphatic carbocycles. The summed E-state index contributed by atoms with van der Waals surface area (Å²) in [7, 11) is 0. The van der Waals surface area contributed by atoms with Gasteiger partial charge in [0.1, 0.15) is 0 Å². The zero-order valence-electron chi connectivity index (χ0n) is 8.60. The molecular formula is C11H13ClO3S.